The molecule has 3 rings (SSSR count). The van der Waals surface area contributed by atoms with Crippen molar-refractivity contribution in [3.63, 3.8) is 0 Å². The molecule has 0 aliphatic heterocycles. The fourth-order valence-corrected chi connectivity index (χ4v) is 2.72. The van der Waals surface area contributed by atoms with Gasteiger partial charge in [0, 0.05) is 24.6 Å². The van der Waals surface area contributed by atoms with E-state index in [9.17, 15) is 13.2 Å². The van der Waals surface area contributed by atoms with E-state index in [0.717, 1.165) is 18.2 Å². The molecule has 0 saturated carbocycles. The average Bonchev–Trinajstić information content (AvgIpc) is 2.73. The van der Waals surface area contributed by atoms with Crippen molar-refractivity contribution in [3.8, 4) is 6.07 Å². The lowest BCUT2D eigenvalue weighted by atomic mass is 10.1. The first-order valence-electron chi connectivity index (χ1n) is 8.86. The highest BCUT2D eigenvalue weighted by Crippen LogP contribution is 2.37. The molecule has 0 saturated heterocycles. The third-order valence-corrected chi connectivity index (χ3v) is 4.39. The number of nitrogens with one attached hydrogen (secondary N) is 1. The van der Waals surface area contributed by atoms with Crippen LogP contribution in [0.2, 0.25) is 0 Å². The van der Waals surface area contributed by atoms with Crippen molar-refractivity contribution in [1.29, 1.82) is 5.26 Å². The summed E-state index contributed by atoms with van der Waals surface area (Å²) in [5.74, 6) is -0.234. The summed E-state index contributed by atoms with van der Waals surface area (Å²) in [6, 6.07) is 15.7. The molecule has 29 heavy (non-hydrogen) atoms. The van der Waals surface area contributed by atoms with Crippen LogP contribution < -0.4 is 10.2 Å². The number of hydrogen-bond donors (Lipinski definition) is 1. The number of anilines is 4. The first-order chi connectivity index (χ1) is 13.8. The largest absolute Gasteiger partial charge is 0.421 e. The van der Waals surface area contributed by atoms with Crippen LogP contribution in [0, 0.1) is 11.3 Å². The molecule has 0 atom stereocenters. The van der Waals surface area contributed by atoms with Gasteiger partial charge in [0.05, 0.1) is 11.6 Å². The van der Waals surface area contributed by atoms with Gasteiger partial charge in [-0.05, 0) is 48.4 Å². The maximum absolute atomic E-state index is 13.5. The van der Waals surface area contributed by atoms with Crippen molar-refractivity contribution in [2.24, 2.45) is 0 Å². The molecule has 1 heterocycles. The van der Waals surface area contributed by atoms with E-state index in [0.29, 0.717) is 16.9 Å². The Morgan fingerprint density at radius 3 is 2.28 bits per heavy atom. The van der Waals surface area contributed by atoms with Gasteiger partial charge in [0.15, 0.2) is 5.82 Å². The van der Waals surface area contributed by atoms with Crippen molar-refractivity contribution >= 4 is 23.1 Å². The van der Waals surface area contributed by atoms with E-state index in [1.807, 2.05) is 37.3 Å². The predicted molar refractivity (Wildman–Crippen MR) is 105 cm³/mol. The van der Waals surface area contributed by atoms with Crippen molar-refractivity contribution in [3.05, 3.63) is 71.4 Å². The standard InChI is InChI=1S/C21H18F3N5/c1-3-14-4-8-16(9-5-14)27-20-26-13-18(21(22,23)24)19(28-20)29(2)17-10-6-15(12-25)7-11-17/h4-11,13H,3H2,1-2H3,(H,26,27,28). The molecule has 1 N–H and O–H groups in total. The van der Waals surface area contributed by atoms with Crippen LogP contribution in [-0.2, 0) is 12.6 Å². The zero-order valence-electron chi connectivity index (χ0n) is 15.8. The molecule has 0 bridgehead atoms. The molecule has 0 aliphatic carbocycles. The van der Waals surface area contributed by atoms with Crippen LogP contribution in [0.4, 0.5) is 36.3 Å². The lowest BCUT2D eigenvalue weighted by Crippen LogP contribution is -2.19. The maximum Gasteiger partial charge on any atom is 0.421 e. The number of aryl methyl sites for hydroxylation is 1. The minimum atomic E-state index is -4.61. The molecule has 5 nitrogen and oxygen atoms in total. The van der Waals surface area contributed by atoms with Gasteiger partial charge < -0.3 is 10.2 Å². The van der Waals surface area contributed by atoms with Crippen LogP contribution in [0.3, 0.4) is 0 Å². The minimum Gasteiger partial charge on any atom is -0.329 e. The van der Waals surface area contributed by atoms with Crippen LogP contribution in [0.15, 0.2) is 54.7 Å². The van der Waals surface area contributed by atoms with Gasteiger partial charge in [0.2, 0.25) is 5.95 Å². The Kier molecular flexibility index (Phi) is 5.69. The zero-order valence-corrected chi connectivity index (χ0v) is 15.8. The van der Waals surface area contributed by atoms with E-state index >= 15 is 0 Å². The normalized spacial score (nSPS) is 11.0. The van der Waals surface area contributed by atoms with Gasteiger partial charge in [-0.2, -0.15) is 23.4 Å². The van der Waals surface area contributed by atoms with E-state index in [1.165, 1.54) is 24.1 Å². The maximum atomic E-state index is 13.5. The summed E-state index contributed by atoms with van der Waals surface area (Å²) in [6.07, 6.45) is -2.96. The number of nitrogens with zero attached hydrogens (tertiary/aromatic N) is 4. The van der Waals surface area contributed by atoms with Gasteiger partial charge in [-0.25, -0.2) is 4.98 Å². The third-order valence-electron chi connectivity index (χ3n) is 4.39. The molecule has 0 radical (unpaired) electrons. The Hall–Kier alpha value is -3.60. The fourth-order valence-electron chi connectivity index (χ4n) is 2.72. The fraction of sp³-hybridized carbons (Fsp3) is 0.190. The van der Waals surface area contributed by atoms with Crippen molar-refractivity contribution in [2.75, 3.05) is 17.3 Å². The molecule has 148 valence electrons. The predicted octanol–water partition coefficient (Wildman–Crippen LogP) is 5.44. The Bertz CT molecular complexity index is 1020. The van der Waals surface area contributed by atoms with Gasteiger partial charge in [-0.1, -0.05) is 19.1 Å². The Balaban J connectivity index is 1.97. The molecule has 3 aromatic rings. The summed E-state index contributed by atoms with van der Waals surface area (Å²) in [7, 11) is 1.48. The monoisotopic (exact) mass is 397 g/mol. The van der Waals surface area contributed by atoms with Crippen LogP contribution >= 0.6 is 0 Å². The van der Waals surface area contributed by atoms with Crippen LogP contribution in [0.1, 0.15) is 23.6 Å². The highest BCUT2D eigenvalue weighted by Gasteiger charge is 2.36. The first kappa shape index (κ1) is 20.1. The second kappa shape index (κ2) is 8.19. The second-order valence-corrected chi connectivity index (χ2v) is 6.32. The smallest absolute Gasteiger partial charge is 0.329 e. The van der Waals surface area contributed by atoms with Crippen LogP contribution in [0.25, 0.3) is 0 Å². The van der Waals surface area contributed by atoms with Crippen molar-refractivity contribution in [2.45, 2.75) is 19.5 Å². The van der Waals surface area contributed by atoms with Crippen molar-refractivity contribution < 1.29 is 13.2 Å². The van der Waals surface area contributed by atoms with E-state index in [-0.39, 0.29) is 11.8 Å². The third kappa shape index (κ3) is 4.63. The molecule has 8 heteroatoms. The summed E-state index contributed by atoms with van der Waals surface area (Å²) in [5, 5.41) is 11.8. The molecule has 0 fully saturated rings. The van der Waals surface area contributed by atoms with Gasteiger partial charge in [-0.3, -0.25) is 0 Å². The number of alkyl halides is 3. The number of benzene rings is 2. The number of nitriles is 1. The highest BCUT2D eigenvalue weighted by atomic mass is 19.4. The molecule has 1 aromatic heterocycles. The quantitative estimate of drug-likeness (QED) is 0.621. The van der Waals surface area contributed by atoms with Gasteiger partial charge in [-0.15, -0.1) is 0 Å². The summed E-state index contributed by atoms with van der Waals surface area (Å²) in [4.78, 5) is 9.27. The average molecular weight is 397 g/mol. The number of rotatable bonds is 5. The molecule has 2 aromatic carbocycles. The van der Waals surface area contributed by atoms with E-state index in [1.54, 1.807) is 12.1 Å². The Labute approximate surface area is 166 Å². The van der Waals surface area contributed by atoms with E-state index in [2.05, 4.69) is 15.3 Å². The van der Waals surface area contributed by atoms with E-state index < -0.39 is 11.7 Å². The van der Waals surface area contributed by atoms with E-state index in [4.69, 9.17) is 5.26 Å². The minimum absolute atomic E-state index is 0.0535. The topological polar surface area (TPSA) is 64.8 Å². The molecule has 0 aliphatic rings. The highest BCUT2D eigenvalue weighted by molar-refractivity contribution is 5.65. The summed E-state index contributed by atoms with van der Waals surface area (Å²) < 4.78 is 40.5. The molecular weight excluding hydrogens is 379 g/mol. The zero-order chi connectivity index (χ0) is 21.0. The second-order valence-electron chi connectivity index (χ2n) is 6.32. The first-order valence-corrected chi connectivity index (χ1v) is 8.86. The number of halogens is 3. The lowest BCUT2D eigenvalue weighted by molar-refractivity contribution is -0.137. The molecule has 0 spiro atoms. The molecular formula is C21H18F3N5. The van der Waals surface area contributed by atoms with Gasteiger partial charge in [0.25, 0.3) is 0 Å². The van der Waals surface area contributed by atoms with Crippen LogP contribution in [0.5, 0.6) is 0 Å². The summed E-state index contributed by atoms with van der Waals surface area (Å²) in [5.41, 5.74) is 1.75. The number of hydrogen-bond acceptors (Lipinski definition) is 5. The molecule has 0 amide bonds. The Morgan fingerprint density at radius 2 is 1.72 bits per heavy atom. The van der Waals surface area contributed by atoms with Gasteiger partial charge in [0.1, 0.15) is 5.56 Å². The molecule has 0 unspecified atom stereocenters. The Morgan fingerprint density at radius 1 is 1.07 bits per heavy atom. The summed E-state index contributed by atoms with van der Waals surface area (Å²) in [6.45, 7) is 2.03. The lowest BCUT2D eigenvalue weighted by Gasteiger charge is -2.23. The van der Waals surface area contributed by atoms with Crippen molar-refractivity contribution in [1.82, 2.24) is 9.97 Å². The SMILES string of the molecule is CCc1ccc(Nc2ncc(C(F)(F)F)c(N(C)c3ccc(C#N)cc3)n2)cc1. The number of aromatic nitrogens is 2. The summed E-state index contributed by atoms with van der Waals surface area (Å²) >= 11 is 0. The van der Waals surface area contributed by atoms with Gasteiger partial charge >= 0.3 is 6.18 Å². The van der Waals surface area contributed by atoms with Crippen LogP contribution in [-0.4, -0.2) is 17.0 Å².